The number of aromatic amines is 1. The van der Waals surface area contributed by atoms with Gasteiger partial charge in [-0.25, -0.2) is 0 Å². The molecule has 1 atom stereocenters. The van der Waals surface area contributed by atoms with E-state index >= 15 is 0 Å². The van der Waals surface area contributed by atoms with E-state index in [1.54, 1.807) is 0 Å². The Bertz CT molecular complexity index is 1260. The fourth-order valence-corrected chi connectivity index (χ4v) is 4.30. The van der Waals surface area contributed by atoms with Crippen LogP contribution in [0, 0.1) is 0 Å². The number of nitrogens with zero attached hydrogens (tertiary/aromatic N) is 1. The third-order valence-corrected chi connectivity index (χ3v) is 5.52. The monoisotopic (exact) mass is 362 g/mol. The number of benzene rings is 3. The number of aromatic nitrogens is 2. The third-order valence-electron chi connectivity index (χ3n) is 5.52. The van der Waals surface area contributed by atoms with Gasteiger partial charge in [0, 0.05) is 46.7 Å². The minimum absolute atomic E-state index is 0.160. The van der Waals surface area contributed by atoms with Gasteiger partial charge >= 0.3 is 0 Å². The topological polar surface area (TPSA) is 20.7 Å². The van der Waals surface area contributed by atoms with Crippen LogP contribution in [0.1, 0.15) is 22.6 Å². The average molecular weight is 362 g/mol. The summed E-state index contributed by atoms with van der Waals surface area (Å²) in [4.78, 5) is 3.47. The summed E-state index contributed by atoms with van der Waals surface area (Å²) in [5.74, 6) is 0.160. The van der Waals surface area contributed by atoms with Crippen molar-refractivity contribution >= 4 is 21.8 Å². The quantitative estimate of drug-likeness (QED) is 0.345. The van der Waals surface area contributed by atoms with Crippen molar-refractivity contribution in [2.75, 3.05) is 0 Å². The second-order valence-electron chi connectivity index (χ2n) is 7.18. The lowest BCUT2D eigenvalue weighted by Gasteiger charge is -2.17. The molecule has 5 rings (SSSR count). The van der Waals surface area contributed by atoms with Crippen LogP contribution in [0.5, 0.6) is 0 Å². The lowest BCUT2D eigenvalue weighted by Crippen LogP contribution is -2.02. The molecule has 0 aliphatic rings. The summed E-state index contributed by atoms with van der Waals surface area (Å²) in [5, 5.41) is 2.57. The predicted molar refractivity (Wildman–Crippen MR) is 118 cm³/mol. The summed E-state index contributed by atoms with van der Waals surface area (Å²) in [6.45, 7) is 4.74. The standard InChI is InChI=1S/C26H22N2/c1-2-16-28-18-23(21-13-7-9-15-25(21)28)26(19-10-4-3-5-11-19)22-17-27-24-14-8-6-12-20(22)24/h2-15,17-18,26-27H,1,16H2. The van der Waals surface area contributed by atoms with Crippen LogP contribution >= 0.6 is 0 Å². The van der Waals surface area contributed by atoms with E-state index in [9.17, 15) is 0 Å². The summed E-state index contributed by atoms with van der Waals surface area (Å²) in [7, 11) is 0. The maximum Gasteiger partial charge on any atom is 0.0486 e. The molecule has 0 aliphatic carbocycles. The molecule has 0 radical (unpaired) electrons. The highest BCUT2D eigenvalue weighted by Crippen LogP contribution is 2.40. The van der Waals surface area contributed by atoms with Crippen LogP contribution in [0.25, 0.3) is 21.8 Å². The highest BCUT2D eigenvalue weighted by atomic mass is 14.9. The predicted octanol–water partition coefficient (Wildman–Crippen LogP) is 6.49. The first-order valence-corrected chi connectivity index (χ1v) is 9.66. The Morgan fingerprint density at radius 2 is 1.54 bits per heavy atom. The molecule has 5 aromatic rings. The molecule has 0 saturated carbocycles. The van der Waals surface area contributed by atoms with Crippen LogP contribution in [0.4, 0.5) is 0 Å². The van der Waals surface area contributed by atoms with Crippen molar-refractivity contribution < 1.29 is 0 Å². The van der Waals surface area contributed by atoms with Crippen molar-refractivity contribution in [1.29, 1.82) is 0 Å². The van der Waals surface area contributed by atoms with Crippen molar-refractivity contribution in [3.05, 3.63) is 121 Å². The first kappa shape index (κ1) is 16.6. The fraction of sp³-hybridized carbons (Fsp3) is 0.0769. The van der Waals surface area contributed by atoms with Crippen LogP contribution in [0.15, 0.2) is 104 Å². The van der Waals surface area contributed by atoms with Gasteiger partial charge in [-0.05, 0) is 28.8 Å². The van der Waals surface area contributed by atoms with Gasteiger partial charge in [-0.15, -0.1) is 6.58 Å². The minimum atomic E-state index is 0.160. The average Bonchev–Trinajstić information content (AvgIpc) is 3.33. The van der Waals surface area contributed by atoms with Crippen molar-refractivity contribution in [2.45, 2.75) is 12.5 Å². The molecule has 0 aliphatic heterocycles. The van der Waals surface area contributed by atoms with Gasteiger partial charge in [0.2, 0.25) is 0 Å². The maximum atomic E-state index is 3.94. The summed E-state index contributed by atoms with van der Waals surface area (Å²) in [5.41, 5.74) is 6.36. The second-order valence-corrected chi connectivity index (χ2v) is 7.18. The van der Waals surface area contributed by atoms with Crippen LogP contribution in [0.3, 0.4) is 0 Å². The Morgan fingerprint density at radius 1 is 0.821 bits per heavy atom. The van der Waals surface area contributed by atoms with Crippen molar-refractivity contribution in [2.24, 2.45) is 0 Å². The molecule has 3 aromatic carbocycles. The first-order chi connectivity index (χ1) is 13.9. The van der Waals surface area contributed by atoms with Crippen molar-refractivity contribution in [3.8, 4) is 0 Å². The molecule has 1 unspecified atom stereocenters. The Labute approximate surface area is 164 Å². The smallest absolute Gasteiger partial charge is 0.0486 e. The molecule has 0 bridgehead atoms. The molecule has 0 saturated heterocycles. The summed E-state index contributed by atoms with van der Waals surface area (Å²) in [6.07, 6.45) is 6.42. The van der Waals surface area contributed by atoms with Crippen molar-refractivity contribution in [3.63, 3.8) is 0 Å². The highest BCUT2D eigenvalue weighted by molar-refractivity contribution is 5.89. The van der Waals surface area contributed by atoms with E-state index in [1.165, 1.54) is 38.5 Å². The largest absolute Gasteiger partial charge is 0.361 e. The fourth-order valence-electron chi connectivity index (χ4n) is 4.30. The number of nitrogens with one attached hydrogen (secondary N) is 1. The van der Waals surface area contributed by atoms with Crippen molar-refractivity contribution in [1.82, 2.24) is 9.55 Å². The van der Waals surface area contributed by atoms with Gasteiger partial charge in [-0.3, -0.25) is 0 Å². The molecule has 2 heteroatoms. The molecule has 2 aromatic heterocycles. The van der Waals surface area contributed by atoms with Crippen LogP contribution in [-0.2, 0) is 6.54 Å². The van der Waals surface area contributed by atoms with Gasteiger partial charge in [0.25, 0.3) is 0 Å². The molecule has 136 valence electrons. The van der Waals surface area contributed by atoms with E-state index in [-0.39, 0.29) is 5.92 Å². The van der Waals surface area contributed by atoms with E-state index in [0.717, 1.165) is 6.54 Å². The van der Waals surface area contributed by atoms with Gasteiger partial charge in [-0.1, -0.05) is 72.8 Å². The third kappa shape index (κ3) is 2.66. The minimum Gasteiger partial charge on any atom is -0.361 e. The summed E-state index contributed by atoms with van der Waals surface area (Å²) in [6, 6.07) is 28.0. The van der Waals surface area contributed by atoms with Gasteiger partial charge in [0.05, 0.1) is 0 Å². The Hall–Kier alpha value is -3.52. The molecule has 2 heterocycles. The van der Waals surface area contributed by atoms with Crippen LogP contribution in [-0.4, -0.2) is 9.55 Å². The molecule has 0 amide bonds. The van der Waals surface area contributed by atoms with Crippen LogP contribution in [0.2, 0.25) is 0 Å². The normalized spacial score (nSPS) is 12.4. The zero-order valence-electron chi connectivity index (χ0n) is 15.7. The molecule has 0 spiro atoms. The maximum absolute atomic E-state index is 3.94. The first-order valence-electron chi connectivity index (χ1n) is 9.66. The van der Waals surface area contributed by atoms with E-state index in [4.69, 9.17) is 0 Å². The lowest BCUT2D eigenvalue weighted by molar-refractivity contribution is 0.851. The lowest BCUT2D eigenvalue weighted by atomic mass is 9.85. The van der Waals surface area contributed by atoms with E-state index in [1.807, 2.05) is 6.08 Å². The van der Waals surface area contributed by atoms with Gasteiger partial charge < -0.3 is 9.55 Å². The van der Waals surface area contributed by atoms with Crippen LogP contribution < -0.4 is 0 Å². The Kier molecular flexibility index (Phi) is 4.10. The number of rotatable bonds is 5. The Morgan fingerprint density at radius 3 is 2.36 bits per heavy atom. The zero-order chi connectivity index (χ0) is 18.9. The molecule has 28 heavy (non-hydrogen) atoms. The SMILES string of the molecule is C=CCn1cc(C(c2ccccc2)c2c[nH]c3ccccc23)c2ccccc21. The molecular formula is C26H22N2. The molecule has 2 nitrogen and oxygen atoms in total. The molecular weight excluding hydrogens is 340 g/mol. The van der Waals surface area contributed by atoms with Gasteiger partial charge in [0.15, 0.2) is 0 Å². The number of hydrogen-bond donors (Lipinski definition) is 1. The number of para-hydroxylation sites is 2. The Balaban J connectivity index is 1.81. The number of allylic oxidation sites excluding steroid dienone is 1. The van der Waals surface area contributed by atoms with Gasteiger partial charge in [0.1, 0.15) is 0 Å². The zero-order valence-corrected chi connectivity index (χ0v) is 15.7. The number of fused-ring (bicyclic) bond motifs is 2. The molecule has 1 N–H and O–H groups in total. The summed E-state index contributed by atoms with van der Waals surface area (Å²) >= 11 is 0. The second kappa shape index (κ2) is 6.90. The van der Waals surface area contributed by atoms with E-state index in [2.05, 4.69) is 107 Å². The van der Waals surface area contributed by atoms with Gasteiger partial charge in [-0.2, -0.15) is 0 Å². The number of hydrogen-bond acceptors (Lipinski definition) is 0. The number of H-pyrrole nitrogens is 1. The molecule has 0 fully saturated rings. The van der Waals surface area contributed by atoms with E-state index < -0.39 is 0 Å². The summed E-state index contributed by atoms with van der Waals surface area (Å²) < 4.78 is 2.29. The highest BCUT2D eigenvalue weighted by Gasteiger charge is 2.23. The van der Waals surface area contributed by atoms with E-state index in [0.29, 0.717) is 0 Å².